The molecule has 1 atom stereocenters. The molecule has 0 bridgehead atoms. The third-order valence-electron chi connectivity index (χ3n) is 1.49. The van der Waals surface area contributed by atoms with Gasteiger partial charge in [0.2, 0.25) is 0 Å². The van der Waals surface area contributed by atoms with Gasteiger partial charge in [-0.25, -0.2) is 13.9 Å². The minimum atomic E-state index is -5.29. The van der Waals surface area contributed by atoms with E-state index in [4.69, 9.17) is 14.7 Å². The van der Waals surface area contributed by atoms with Crippen molar-refractivity contribution in [3.63, 3.8) is 0 Å². The second-order valence-corrected chi connectivity index (χ2v) is 5.75. The van der Waals surface area contributed by atoms with E-state index in [0.717, 1.165) is 6.20 Å². The van der Waals surface area contributed by atoms with E-state index in [1.807, 2.05) is 0 Å². The number of hydrogen-bond acceptors (Lipinski definition) is 6. The summed E-state index contributed by atoms with van der Waals surface area (Å²) >= 11 is 0. The number of rotatable bonds is 4. The number of aromatic amines is 1. The second kappa shape index (κ2) is 6.49. The predicted molar refractivity (Wildman–Crippen MR) is 62.7 cm³/mol. The molecule has 0 aromatic carbocycles. The summed E-state index contributed by atoms with van der Waals surface area (Å²) in [6, 6.07) is 0. The Bertz CT molecular complexity index is 659. The third kappa shape index (κ3) is 6.17. The van der Waals surface area contributed by atoms with E-state index < -0.39 is 26.9 Å². The first-order chi connectivity index (χ1) is 8.00. The monoisotopic (exact) mass is 326 g/mol. The van der Waals surface area contributed by atoms with Gasteiger partial charge in [0.15, 0.2) is 0 Å². The molecular weight excluding hydrogens is 317 g/mol. The van der Waals surface area contributed by atoms with Crippen LogP contribution >= 0.6 is 15.6 Å². The topological polar surface area (TPSA) is 168 Å². The van der Waals surface area contributed by atoms with E-state index in [1.165, 1.54) is 6.92 Å². The van der Waals surface area contributed by atoms with Gasteiger partial charge in [-0.15, -0.1) is 4.73 Å². The Morgan fingerprint density at radius 2 is 1.79 bits per heavy atom. The van der Waals surface area contributed by atoms with Crippen LogP contribution in [0.1, 0.15) is 5.56 Å². The van der Waals surface area contributed by atoms with Crippen LogP contribution in [0.4, 0.5) is 0 Å². The Kier molecular flexibility index (Phi) is 6.41. The van der Waals surface area contributed by atoms with Crippen molar-refractivity contribution in [2.24, 2.45) is 0 Å². The molecule has 1 rings (SSSR count). The van der Waals surface area contributed by atoms with Gasteiger partial charge in [0.1, 0.15) is 0 Å². The number of hydrogen-bond donors (Lipinski definition) is 4. The third-order valence-corrected chi connectivity index (χ3v) is 3.55. The van der Waals surface area contributed by atoms with Crippen LogP contribution in [0.15, 0.2) is 15.8 Å². The Morgan fingerprint density at radius 3 is 2.26 bits per heavy atom. The van der Waals surface area contributed by atoms with Crippen LogP contribution < -0.4 is 15.9 Å². The van der Waals surface area contributed by atoms with E-state index in [9.17, 15) is 18.7 Å². The van der Waals surface area contributed by atoms with Gasteiger partial charge in [-0.2, -0.15) is 4.31 Å². The van der Waals surface area contributed by atoms with Crippen molar-refractivity contribution < 1.29 is 32.7 Å². The molecule has 4 N–H and O–H groups in total. The number of aryl methyl sites for hydroxylation is 1. The van der Waals surface area contributed by atoms with Gasteiger partial charge in [0.05, 0.1) is 6.20 Å². The Balaban J connectivity index is 0.00000324. The molecule has 0 amide bonds. The first kappa shape index (κ1) is 18.8. The summed E-state index contributed by atoms with van der Waals surface area (Å²) in [5.74, 6) is 0. The molecule has 0 fully saturated rings. The zero-order valence-corrected chi connectivity index (χ0v) is 10.5. The first-order valence-electron chi connectivity index (χ1n) is 4.12. The van der Waals surface area contributed by atoms with Gasteiger partial charge in [-0.1, -0.05) is 0 Å². The van der Waals surface area contributed by atoms with E-state index in [1.54, 1.807) is 4.98 Å². The zero-order chi connectivity index (χ0) is 14.1. The van der Waals surface area contributed by atoms with Gasteiger partial charge >= 0.3 is 50.9 Å². The van der Waals surface area contributed by atoms with Crippen LogP contribution in [0.2, 0.25) is 0 Å². The number of H-pyrrole nitrogens is 1. The molecule has 1 heterocycles. The molecule has 1 aromatic heterocycles. The molecule has 0 aliphatic rings. The number of nitrogens with zero attached hydrogens (tertiary/aromatic N) is 1. The number of aromatic nitrogens is 2. The molecule has 0 saturated heterocycles. The van der Waals surface area contributed by atoms with E-state index >= 15 is 0 Å². The van der Waals surface area contributed by atoms with Gasteiger partial charge in [0, 0.05) is 5.56 Å². The van der Waals surface area contributed by atoms with Crippen LogP contribution in [0.3, 0.4) is 0 Å². The van der Waals surface area contributed by atoms with Gasteiger partial charge < -0.3 is 14.4 Å². The van der Waals surface area contributed by atoms with Crippen LogP contribution in [0, 0.1) is 6.92 Å². The molecule has 11 nitrogen and oxygen atoms in total. The normalized spacial score (nSPS) is 14.3. The zero-order valence-electron chi connectivity index (χ0n) is 8.71. The Hall–Kier alpha value is -0.220. The van der Waals surface area contributed by atoms with Crippen LogP contribution in [0.5, 0.6) is 0 Å². The number of nitrogens with one attached hydrogen (secondary N) is 1. The van der Waals surface area contributed by atoms with Crippen molar-refractivity contribution in [1.29, 1.82) is 0 Å². The molecule has 0 aliphatic heterocycles. The average molecular weight is 326 g/mol. The van der Waals surface area contributed by atoms with Crippen LogP contribution in [0.25, 0.3) is 0 Å². The number of phosphoric acid groups is 2. The summed E-state index contributed by atoms with van der Waals surface area (Å²) in [7, 11) is -10.5. The maximum atomic E-state index is 11.1. The van der Waals surface area contributed by atoms with Crippen molar-refractivity contribution in [3.05, 3.63) is 32.6 Å². The van der Waals surface area contributed by atoms with Crippen molar-refractivity contribution >= 4 is 45.2 Å². The summed E-state index contributed by atoms with van der Waals surface area (Å²) < 4.78 is 29.1. The molecule has 0 aliphatic carbocycles. The summed E-state index contributed by atoms with van der Waals surface area (Å²) in [4.78, 5) is 49.5. The van der Waals surface area contributed by atoms with Crippen molar-refractivity contribution in [2.45, 2.75) is 6.92 Å². The molecule has 19 heavy (non-hydrogen) atoms. The van der Waals surface area contributed by atoms with Crippen molar-refractivity contribution in [3.8, 4) is 0 Å². The minimum absolute atomic E-state index is 0. The van der Waals surface area contributed by atoms with Crippen LogP contribution in [-0.2, 0) is 13.4 Å². The van der Waals surface area contributed by atoms with Gasteiger partial charge in [-0.05, 0) is 6.92 Å². The second-order valence-electron chi connectivity index (χ2n) is 3.02. The molecule has 0 spiro atoms. The van der Waals surface area contributed by atoms with E-state index in [2.05, 4.69) is 8.94 Å². The van der Waals surface area contributed by atoms with Crippen molar-refractivity contribution in [1.82, 2.24) is 9.71 Å². The summed E-state index contributed by atoms with van der Waals surface area (Å²) in [5.41, 5.74) is -2.00. The SMILES string of the molecule is Cc1cn(OP(=O)(O)OP(=O)(O)O)c(=O)[nH]c1=O.[NaH]. The molecule has 1 unspecified atom stereocenters. The fourth-order valence-corrected chi connectivity index (χ4v) is 2.40. The molecule has 1 aromatic rings. The standard InChI is InChI=1S/C5H8N2O9P2.Na.H/c1-3-2-7(5(9)6-4(3)8)15-18(13,14)16-17(10,11)12;;/h2H,1H3,(H,13,14)(H,6,8,9)(H2,10,11,12);;. The molecule has 0 saturated carbocycles. The quantitative estimate of drug-likeness (QED) is 0.355. The van der Waals surface area contributed by atoms with Crippen molar-refractivity contribution in [2.75, 3.05) is 0 Å². The molecule has 104 valence electrons. The maximum absolute atomic E-state index is 11.1. The summed E-state index contributed by atoms with van der Waals surface area (Å²) in [6.45, 7) is 1.27. The van der Waals surface area contributed by atoms with Gasteiger partial charge in [0.25, 0.3) is 5.56 Å². The van der Waals surface area contributed by atoms with E-state index in [-0.39, 0.29) is 39.9 Å². The first-order valence-corrected chi connectivity index (χ1v) is 7.15. The summed E-state index contributed by atoms with van der Waals surface area (Å²) in [6.07, 6.45) is 0.757. The molecule has 14 heteroatoms. The van der Waals surface area contributed by atoms with Gasteiger partial charge in [-0.3, -0.25) is 14.7 Å². The predicted octanol–water partition coefficient (Wildman–Crippen LogP) is -2.17. The summed E-state index contributed by atoms with van der Waals surface area (Å²) in [5, 5.41) is 0. The van der Waals surface area contributed by atoms with E-state index in [0.29, 0.717) is 0 Å². The average Bonchev–Trinajstić information content (AvgIpc) is 2.09. The molecule has 0 radical (unpaired) electrons. The Morgan fingerprint density at radius 1 is 1.26 bits per heavy atom. The Labute approximate surface area is 127 Å². The molecular formula is C5H9N2NaO9P2. The van der Waals surface area contributed by atoms with Crippen LogP contribution in [-0.4, -0.2) is 54.0 Å². The fourth-order valence-electron chi connectivity index (χ4n) is 0.865. The fraction of sp³-hybridized carbons (Fsp3) is 0.200.